The summed E-state index contributed by atoms with van der Waals surface area (Å²) in [6.07, 6.45) is -4.71. The van der Waals surface area contributed by atoms with Crippen LogP contribution in [-0.4, -0.2) is 27.5 Å². The molecule has 3 heterocycles. The molecule has 7 nitrogen and oxygen atoms in total. The second kappa shape index (κ2) is 11.1. The maximum Gasteiger partial charge on any atom is 0.418 e. The number of halogens is 5. The molecule has 2 aliphatic rings. The summed E-state index contributed by atoms with van der Waals surface area (Å²) in [4.78, 5) is 54.7. The van der Waals surface area contributed by atoms with Gasteiger partial charge in [0, 0.05) is 15.3 Å². The third-order valence-electron chi connectivity index (χ3n) is 7.15. The lowest BCUT2D eigenvalue weighted by molar-refractivity contribution is -0.137. The van der Waals surface area contributed by atoms with Gasteiger partial charge in [0.1, 0.15) is 17.6 Å². The monoisotopic (exact) mass is 691 g/mol. The molecule has 1 fully saturated rings. The van der Waals surface area contributed by atoms with E-state index in [2.05, 4.69) is 21.2 Å². The van der Waals surface area contributed by atoms with Gasteiger partial charge in [0.2, 0.25) is 17.7 Å². The van der Waals surface area contributed by atoms with Gasteiger partial charge in [-0.05, 0) is 54.1 Å². The van der Waals surface area contributed by atoms with Crippen molar-refractivity contribution >= 4 is 68.1 Å². The summed E-state index contributed by atoms with van der Waals surface area (Å²) in [5.41, 5.74) is -0.651. The molecule has 220 valence electrons. The molecular formula is C29H18BrF4N3O4S2. The van der Waals surface area contributed by atoms with Crippen LogP contribution in [0.15, 0.2) is 87.1 Å². The van der Waals surface area contributed by atoms with Crippen LogP contribution in [0.1, 0.15) is 21.9 Å². The normalized spacial score (nSPS) is 19.7. The Bertz CT molecular complexity index is 1840. The highest BCUT2D eigenvalue weighted by Gasteiger charge is 2.56. The van der Waals surface area contributed by atoms with E-state index in [4.69, 9.17) is 0 Å². The van der Waals surface area contributed by atoms with Crippen molar-refractivity contribution < 1.29 is 31.9 Å². The van der Waals surface area contributed by atoms with Gasteiger partial charge in [-0.2, -0.15) is 13.2 Å². The zero-order valence-corrected chi connectivity index (χ0v) is 24.8. The average Bonchev–Trinajstić information content (AvgIpc) is 3.39. The molecule has 3 unspecified atom stereocenters. The number of aromatic nitrogens is 1. The lowest BCUT2D eigenvalue weighted by atomic mass is 9.83. The highest BCUT2D eigenvalue weighted by atomic mass is 79.9. The van der Waals surface area contributed by atoms with Crippen LogP contribution >= 0.6 is 39.0 Å². The molecule has 6 rings (SSSR count). The van der Waals surface area contributed by atoms with E-state index in [9.17, 15) is 36.7 Å². The number of carbonyl (C=O) groups excluding carboxylic acids is 3. The van der Waals surface area contributed by atoms with E-state index in [1.807, 2.05) is 0 Å². The standard InChI is InChI=1S/C29H18BrF4N3O4S2/c30-15-5-3-4-14(12-15)21-22-23(26(40)37(25(22)39)17-10-8-16(31)9-11-17)42-27-24(21)43-28(41)36(27)13-20(38)35-19-7-2-1-6-18(19)29(32,33)34/h1-12,21-23H,13H2,(H,35,38). The number of fused-ring (bicyclic) bond motifs is 2. The Kier molecular flexibility index (Phi) is 7.55. The van der Waals surface area contributed by atoms with Crippen LogP contribution in [-0.2, 0) is 27.1 Å². The highest BCUT2D eigenvalue weighted by molar-refractivity contribution is 9.10. The maximum atomic E-state index is 13.8. The van der Waals surface area contributed by atoms with Crippen LogP contribution < -0.4 is 15.1 Å². The lowest BCUT2D eigenvalue weighted by Gasteiger charge is -2.30. The van der Waals surface area contributed by atoms with Gasteiger partial charge in [-0.15, -0.1) is 0 Å². The largest absolute Gasteiger partial charge is 0.418 e. The summed E-state index contributed by atoms with van der Waals surface area (Å²) in [6.45, 7) is -0.615. The Morgan fingerprint density at radius 3 is 2.37 bits per heavy atom. The minimum atomic E-state index is -4.71. The number of hydrogen-bond donors (Lipinski definition) is 1. The van der Waals surface area contributed by atoms with Crippen molar-refractivity contribution in [3.05, 3.63) is 109 Å². The first-order valence-electron chi connectivity index (χ1n) is 12.7. The van der Waals surface area contributed by atoms with Crippen molar-refractivity contribution in [2.75, 3.05) is 10.2 Å². The number of nitrogens with zero attached hydrogens (tertiary/aromatic N) is 2. The van der Waals surface area contributed by atoms with Gasteiger partial charge in [-0.3, -0.25) is 23.7 Å². The van der Waals surface area contributed by atoms with E-state index in [0.29, 0.717) is 14.9 Å². The third-order valence-corrected chi connectivity index (χ3v) is 10.2. The van der Waals surface area contributed by atoms with Gasteiger partial charge >= 0.3 is 11.0 Å². The number of anilines is 2. The summed E-state index contributed by atoms with van der Waals surface area (Å²) in [5.74, 6) is -4.14. The van der Waals surface area contributed by atoms with Gasteiger partial charge in [-0.25, -0.2) is 9.29 Å². The van der Waals surface area contributed by atoms with Crippen molar-refractivity contribution in [2.24, 2.45) is 5.92 Å². The molecule has 0 radical (unpaired) electrons. The molecule has 43 heavy (non-hydrogen) atoms. The SMILES string of the molecule is O=C(Cn1c2c(sc1=O)C(c1cccc(Br)c1)C1C(=O)N(c3ccc(F)cc3)C(=O)C1S2)Nc1ccccc1C(F)(F)F. The molecule has 0 saturated carbocycles. The summed E-state index contributed by atoms with van der Waals surface area (Å²) in [7, 11) is 0. The number of thiazole rings is 1. The topological polar surface area (TPSA) is 88.5 Å². The minimum Gasteiger partial charge on any atom is -0.324 e. The summed E-state index contributed by atoms with van der Waals surface area (Å²) in [6, 6.07) is 16.5. The van der Waals surface area contributed by atoms with Crippen LogP contribution in [0.4, 0.5) is 28.9 Å². The first kappa shape index (κ1) is 29.3. The second-order valence-corrected chi connectivity index (χ2v) is 12.8. The number of amides is 3. The van der Waals surface area contributed by atoms with Crippen LogP contribution in [0.25, 0.3) is 0 Å². The van der Waals surface area contributed by atoms with E-state index < -0.39 is 69.5 Å². The summed E-state index contributed by atoms with van der Waals surface area (Å²) < 4.78 is 55.8. The molecule has 3 amide bonds. The van der Waals surface area contributed by atoms with Crippen molar-refractivity contribution in [1.29, 1.82) is 0 Å². The number of benzene rings is 3. The van der Waals surface area contributed by atoms with Gasteiger partial charge in [0.05, 0.1) is 27.9 Å². The number of rotatable bonds is 5. The Hall–Kier alpha value is -3.75. The Morgan fingerprint density at radius 1 is 0.953 bits per heavy atom. The number of alkyl halides is 3. The summed E-state index contributed by atoms with van der Waals surface area (Å²) >= 11 is 5.20. The van der Waals surface area contributed by atoms with E-state index in [-0.39, 0.29) is 10.7 Å². The minimum absolute atomic E-state index is 0.197. The first-order chi connectivity index (χ1) is 20.4. The predicted molar refractivity (Wildman–Crippen MR) is 157 cm³/mol. The predicted octanol–water partition coefficient (Wildman–Crippen LogP) is 6.26. The Labute approximate surface area is 257 Å². The van der Waals surface area contributed by atoms with Crippen molar-refractivity contribution in [3.63, 3.8) is 0 Å². The number of imide groups is 1. The maximum absolute atomic E-state index is 13.8. The smallest absolute Gasteiger partial charge is 0.324 e. The molecule has 2 aliphatic heterocycles. The van der Waals surface area contributed by atoms with Gasteiger partial charge in [0.15, 0.2) is 0 Å². The van der Waals surface area contributed by atoms with Gasteiger partial charge in [-0.1, -0.05) is 63.3 Å². The Morgan fingerprint density at radius 2 is 1.67 bits per heavy atom. The van der Waals surface area contributed by atoms with Gasteiger partial charge < -0.3 is 5.32 Å². The second-order valence-electron chi connectivity index (χ2n) is 9.80. The molecule has 0 aliphatic carbocycles. The number of thioether (sulfide) groups is 1. The molecular weight excluding hydrogens is 674 g/mol. The lowest BCUT2D eigenvalue weighted by Crippen LogP contribution is -2.33. The zero-order chi connectivity index (χ0) is 30.6. The highest BCUT2D eigenvalue weighted by Crippen LogP contribution is 2.54. The van der Waals surface area contributed by atoms with Crippen LogP contribution in [0.2, 0.25) is 0 Å². The van der Waals surface area contributed by atoms with E-state index in [1.165, 1.54) is 24.3 Å². The average molecular weight is 693 g/mol. The molecule has 3 atom stereocenters. The van der Waals surface area contributed by atoms with E-state index in [1.54, 1.807) is 24.3 Å². The molecule has 1 saturated heterocycles. The van der Waals surface area contributed by atoms with Crippen LogP contribution in [0.3, 0.4) is 0 Å². The first-order valence-corrected chi connectivity index (χ1v) is 15.2. The number of para-hydroxylation sites is 1. The zero-order valence-electron chi connectivity index (χ0n) is 21.6. The van der Waals surface area contributed by atoms with Crippen molar-refractivity contribution in [2.45, 2.75) is 28.9 Å². The van der Waals surface area contributed by atoms with Crippen molar-refractivity contribution in [3.8, 4) is 0 Å². The van der Waals surface area contributed by atoms with E-state index in [0.717, 1.165) is 56.8 Å². The number of nitrogens with one attached hydrogen (secondary N) is 1. The molecule has 14 heteroatoms. The molecule has 0 spiro atoms. The molecule has 0 bridgehead atoms. The molecule has 1 aromatic heterocycles. The number of carbonyl (C=O) groups is 3. The van der Waals surface area contributed by atoms with E-state index >= 15 is 0 Å². The van der Waals surface area contributed by atoms with Crippen LogP contribution in [0, 0.1) is 11.7 Å². The van der Waals surface area contributed by atoms with Crippen molar-refractivity contribution in [1.82, 2.24) is 4.57 Å². The fourth-order valence-corrected chi connectivity index (χ4v) is 8.52. The molecule has 3 aromatic carbocycles. The summed E-state index contributed by atoms with van der Waals surface area (Å²) in [5, 5.41) is 1.54. The molecule has 1 N–H and O–H groups in total. The Balaban J connectivity index is 1.40. The van der Waals surface area contributed by atoms with Gasteiger partial charge in [0.25, 0.3) is 0 Å². The number of hydrogen-bond acceptors (Lipinski definition) is 6. The fraction of sp³-hybridized carbons (Fsp3) is 0.172. The quantitative estimate of drug-likeness (QED) is 0.197. The fourth-order valence-electron chi connectivity index (χ4n) is 5.33. The van der Waals surface area contributed by atoms with Crippen LogP contribution in [0.5, 0.6) is 0 Å². The molecule has 4 aromatic rings. The third kappa shape index (κ3) is 5.31.